The standard InChI is InChI=1S/C23H21F3N6/c24-23(25,26)20-9-5-4-6-16(20)13-32-22-19(12-29-32)21(27-15-28-22)31-11-10-18(14-31)30-17-7-2-1-3-8-17/h1-9,12,15,18,30H,10-11,13-14H2. The summed E-state index contributed by atoms with van der Waals surface area (Å²) in [4.78, 5) is 10.9. The Morgan fingerprint density at radius 1 is 1.00 bits per heavy atom. The molecule has 1 unspecified atom stereocenters. The lowest BCUT2D eigenvalue weighted by molar-refractivity contribution is -0.138. The summed E-state index contributed by atoms with van der Waals surface area (Å²) in [7, 11) is 0. The predicted octanol–water partition coefficient (Wildman–Crippen LogP) is 4.58. The number of nitrogens with one attached hydrogen (secondary N) is 1. The van der Waals surface area contributed by atoms with Gasteiger partial charge in [0.1, 0.15) is 12.1 Å². The highest BCUT2D eigenvalue weighted by atomic mass is 19.4. The summed E-state index contributed by atoms with van der Waals surface area (Å²) >= 11 is 0. The molecule has 0 radical (unpaired) electrons. The fourth-order valence-electron chi connectivity index (χ4n) is 4.18. The van der Waals surface area contributed by atoms with E-state index in [1.54, 1.807) is 12.3 Å². The summed E-state index contributed by atoms with van der Waals surface area (Å²) in [6.07, 6.45) is -0.383. The van der Waals surface area contributed by atoms with Gasteiger partial charge in [-0.2, -0.15) is 18.3 Å². The van der Waals surface area contributed by atoms with Crippen LogP contribution in [0.1, 0.15) is 17.5 Å². The minimum absolute atomic E-state index is 0.0200. The van der Waals surface area contributed by atoms with Gasteiger partial charge in [-0.15, -0.1) is 0 Å². The monoisotopic (exact) mass is 438 g/mol. The third-order valence-electron chi connectivity index (χ3n) is 5.69. The molecular weight excluding hydrogens is 417 g/mol. The van der Waals surface area contributed by atoms with Crippen LogP contribution < -0.4 is 10.2 Å². The summed E-state index contributed by atoms with van der Waals surface area (Å²) in [5, 5.41) is 8.61. The zero-order valence-corrected chi connectivity index (χ0v) is 17.1. The highest BCUT2D eigenvalue weighted by Gasteiger charge is 2.33. The Kier molecular flexibility index (Phi) is 5.16. The number of hydrogen-bond acceptors (Lipinski definition) is 5. The van der Waals surface area contributed by atoms with Crippen molar-refractivity contribution in [2.45, 2.75) is 25.2 Å². The van der Waals surface area contributed by atoms with E-state index in [9.17, 15) is 13.2 Å². The van der Waals surface area contributed by atoms with E-state index < -0.39 is 11.7 Å². The third kappa shape index (κ3) is 3.98. The van der Waals surface area contributed by atoms with Crippen LogP contribution in [0.4, 0.5) is 24.7 Å². The molecule has 0 bridgehead atoms. The molecule has 1 aliphatic heterocycles. The van der Waals surface area contributed by atoms with E-state index >= 15 is 0 Å². The third-order valence-corrected chi connectivity index (χ3v) is 5.69. The van der Waals surface area contributed by atoms with Gasteiger partial charge in [0.25, 0.3) is 0 Å². The van der Waals surface area contributed by atoms with Crippen LogP contribution in [0.15, 0.2) is 67.1 Å². The molecule has 5 rings (SSSR count). The first-order valence-corrected chi connectivity index (χ1v) is 10.4. The summed E-state index contributed by atoms with van der Waals surface area (Å²) in [5.74, 6) is 0.753. The van der Waals surface area contributed by atoms with Gasteiger partial charge in [0.05, 0.1) is 23.7 Å². The van der Waals surface area contributed by atoms with E-state index in [-0.39, 0.29) is 18.2 Å². The van der Waals surface area contributed by atoms with Crippen molar-refractivity contribution < 1.29 is 13.2 Å². The Balaban J connectivity index is 1.39. The number of aromatic nitrogens is 4. The molecule has 3 heterocycles. The maximum Gasteiger partial charge on any atom is 0.416 e. The Morgan fingerprint density at radius 3 is 2.59 bits per heavy atom. The molecule has 2 aromatic heterocycles. The topological polar surface area (TPSA) is 58.9 Å². The largest absolute Gasteiger partial charge is 0.416 e. The maximum absolute atomic E-state index is 13.4. The number of nitrogens with zero attached hydrogens (tertiary/aromatic N) is 5. The molecule has 1 saturated heterocycles. The molecule has 1 aliphatic rings. The first-order chi connectivity index (χ1) is 15.5. The zero-order chi connectivity index (χ0) is 22.1. The van der Waals surface area contributed by atoms with Gasteiger partial charge in [-0.1, -0.05) is 36.4 Å². The smallest absolute Gasteiger partial charge is 0.380 e. The molecular formula is C23H21F3N6. The number of para-hydroxylation sites is 1. The van der Waals surface area contributed by atoms with Gasteiger partial charge >= 0.3 is 6.18 Å². The van der Waals surface area contributed by atoms with Crippen molar-refractivity contribution in [1.29, 1.82) is 0 Å². The summed E-state index contributed by atoms with van der Waals surface area (Å²) < 4.78 is 41.7. The molecule has 32 heavy (non-hydrogen) atoms. The van der Waals surface area contributed by atoms with Gasteiger partial charge in [-0.3, -0.25) is 0 Å². The molecule has 6 nitrogen and oxygen atoms in total. The second kappa shape index (κ2) is 8.14. The zero-order valence-electron chi connectivity index (χ0n) is 17.1. The lowest BCUT2D eigenvalue weighted by Crippen LogP contribution is -2.26. The van der Waals surface area contributed by atoms with Crippen LogP contribution >= 0.6 is 0 Å². The quantitative estimate of drug-likeness (QED) is 0.494. The number of fused-ring (bicyclic) bond motifs is 1. The van der Waals surface area contributed by atoms with Crippen LogP contribution in [0.25, 0.3) is 11.0 Å². The molecule has 9 heteroatoms. The summed E-state index contributed by atoms with van der Waals surface area (Å²) in [6, 6.07) is 15.9. The Bertz CT molecular complexity index is 1220. The summed E-state index contributed by atoms with van der Waals surface area (Å²) in [5.41, 5.74) is 1.08. The van der Waals surface area contributed by atoms with Crippen molar-refractivity contribution in [3.63, 3.8) is 0 Å². The van der Waals surface area contributed by atoms with Crippen LogP contribution in [0.5, 0.6) is 0 Å². The molecule has 0 saturated carbocycles. The fourth-order valence-corrected chi connectivity index (χ4v) is 4.18. The van der Waals surface area contributed by atoms with Gasteiger partial charge in [0.15, 0.2) is 5.65 Å². The molecule has 164 valence electrons. The normalized spacial score (nSPS) is 16.6. The lowest BCUT2D eigenvalue weighted by atomic mass is 10.1. The van der Waals surface area contributed by atoms with Crippen LogP contribution in [-0.2, 0) is 12.7 Å². The second-order valence-electron chi connectivity index (χ2n) is 7.83. The second-order valence-corrected chi connectivity index (χ2v) is 7.83. The van der Waals surface area contributed by atoms with Gasteiger partial charge in [-0.25, -0.2) is 14.6 Å². The van der Waals surface area contributed by atoms with Gasteiger partial charge < -0.3 is 10.2 Å². The van der Waals surface area contributed by atoms with E-state index in [2.05, 4.69) is 25.3 Å². The molecule has 4 aromatic rings. The highest BCUT2D eigenvalue weighted by molar-refractivity contribution is 5.87. The maximum atomic E-state index is 13.4. The summed E-state index contributed by atoms with van der Waals surface area (Å²) in [6.45, 7) is 1.57. The van der Waals surface area contributed by atoms with Gasteiger partial charge in [0, 0.05) is 24.8 Å². The molecule has 1 fully saturated rings. The molecule has 1 atom stereocenters. The van der Waals surface area contributed by atoms with Gasteiger partial charge in [0.2, 0.25) is 0 Å². The Morgan fingerprint density at radius 2 is 1.78 bits per heavy atom. The number of alkyl halides is 3. The van der Waals surface area contributed by atoms with Crippen molar-refractivity contribution in [3.8, 4) is 0 Å². The number of anilines is 2. The minimum Gasteiger partial charge on any atom is -0.380 e. The van der Waals surface area contributed by atoms with Crippen molar-refractivity contribution in [2.24, 2.45) is 0 Å². The van der Waals surface area contributed by atoms with E-state index in [1.165, 1.54) is 23.1 Å². The SMILES string of the molecule is FC(F)(F)c1ccccc1Cn1ncc2c(N3CCC(Nc4ccccc4)C3)ncnc21. The van der Waals surface area contributed by atoms with Crippen molar-refractivity contribution >= 4 is 22.5 Å². The minimum atomic E-state index is -4.42. The molecule has 2 aromatic carbocycles. The molecule has 0 amide bonds. The Hall–Kier alpha value is -3.62. The number of rotatable bonds is 5. The fraction of sp³-hybridized carbons (Fsp3) is 0.261. The molecule has 0 aliphatic carbocycles. The average Bonchev–Trinajstić information content (AvgIpc) is 3.41. The van der Waals surface area contributed by atoms with Crippen molar-refractivity contribution in [1.82, 2.24) is 19.7 Å². The van der Waals surface area contributed by atoms with Crippen LogP contribution in [-0.4, -0.2) is 38.9 Å². The highest BCUT2D eigenvalue weighted by Crippen LogP contribution is 2.33. The van der Waals surface area contributed by atoms with Crippen molar-refractivity contribution in [3.05, 3.63) is 78.2 Å². The first kappa shape index (κ1) is 20.3. The van der Waals surface area contributed by atoms with Gasteiger partial charge in [-0.05, 0) is 30.2 Å². The predicted molar refractivity (Wildman–Crippen MR) is 117 cm³/mol. The number of hydrogen-bond donors (Lipinski definition) is 1. The number of benzene rings is 2. The average molecular weight is 438 g/mol. The molecule has 0 spiro atoms. The van der Waals surface area contributed by atoms with Crippen LogP contribution in [0, 0.1) is 0 Å². The molecule has 1 N–H and O–H groups in total. The lowest BCUT2D eigenvalue weighted by Gasteiger charge is -2.19. The Labute approximate surface area is 182 Å². The number of halogens is 3. The first-order valence-electron chi connectivity index (χ1n) is 10.4. The van der Waals surface area contributed by atoms with E-state index in [0.717, 1.165) is 42.5 Å². The van der Waals surface area contributed by atoms with Crippen LogP contribution in [0.3, 0.4) is 0 Å². The van der Waals surface area contributed by atoms with Crippen LogP contribution in [0.2, 0.25) is 0 Å². The van der Waals surface area contributed by atoms with E-state index in [0.29, 0.717) is 5.65 Å². The van der Waals surface area contributed by atoms with E-state index in [1.807, 2.05) is 30.3 Å². The van der Waals surface area contributed by atoms with Crippen molar-refractivity contribution in [2.75, 3.05) is 23.3 Å². The van der Waals surface area contributed by atoms with E-state index in [4.69, 9.17) is 0 Å².